The zero-order valence-electron chi connectivity index (χ0n) is 11.7. The normalized spacial score (nSPS) is 17.4. The number of hydrogen-bond acceptors (Lipinski definition) is 3. The van der Waals surface area contributed by atoms with E-state index in [1.807, 2.05) is 12.1 Å². The maximum absolute atomic E-state index is 4.38. The largest absolute Gasteiger partial charge is 0.310 e. The lowest BCUT2D eigenvalue weighted by atomic mass is 9.91. The van der Waals surface area contributed by atoms with Crippen molar-refractivity contribution in [3.05, 3.63) is 66.2 Å². The molecule has 3 heterocycles. The fourth-order valence-corrected chi connectivity index (χ4v) is 3.04. The van der Waals surface area contributed by atoms with Crippen molar-refractivity contribution in [3.8, 4) is 11.4 Å². The van der Waals surface area contributed by atoms with E-state index in [9.17, 15) is 0 Å². The van der Waals surface area contributed by atoms with E-state index in [0.717, 1.165) is 36.6 Å². The van der Waals surface area contributed by atoms with Gasteiger partial charge in [-0.1, -0.05) is 30.3 Å². The zero-order valence-corrected chi connectivity index (χ0v) is 11.7. The van der Waals surface area contributed by atoms with Gasteiger partial charge in [0.05, 0.1) is 0 Å². The summed E-state index contributed by atoms with van der Waals surface area (Å²) in [6.07, 6.45) is 5.72. The monoisotopic (exact) mass is 276 g/mol. The minimum atomic E-state index is 0.537. The van der Waals surface area contributed by atoms with Crippen LogP contribution in [0, 0.1) is 0 Å². The van der Waals surface area contributed by atoms with Gasteiger partial charge >= 0.3 is 0 Å². The highest BCUT2D eigenvalue weighted by Gasteiger charge is 2.24. The zero-order chi connectivity index (χ0) is 14.1. The average Bonchev–Trinajstić information content (AvgIpc) is 2.99. The Morgan fingerprint density at radius 3 is 2.57 bits per heavy atom. The molecule has 1 unspecified atom stereocenters. The average molecular weight is 276 g/mol. The standard InChI is InChI=1S/C17H16N4/c1-2-4-13(5-3-1)15-6-7-16-19-20-17(21(16)12-15)14-8-10-18-11-9-14/h1-5,8-11,15H,6-7,12H2. The highest BCUT2D eigenvalue weighted by molar-refractivity contribution is 5.54. The first-order valence-electron chi connectivity index (χ1n) is 7.29. The van der Waals surface area contributed by atoms with Crippen LogP contribution in [0.15, 0.2) is 54.9 Å². The van der Waals surface area contributed by atoms with Gasteiger partial charge in [-0.05, 0) is 24.1 Å². The molecule has 21 heavy (non-hydrogen) atoms. The fourth-order valence-electron chi connectivity index (χ4n) is 3.04. The number of benzene rings is 1. The van der Waals surface area contributed by atoms with Crippen molar-refractivity contribution >= 4 is 0 Å². The lowest BCUT2D eigenvalue weighted by Gasteiger charge is -2.24. The number of hydrogen-bond donors (Lipinski definition) is 0. The highest BCUT2D eigenvalue weighted by Crippen LogP contribution is 2.31. The van der Waals surface area contributed by atoms with E-state index < -0.39 is 0 Å². The molecule has 3 aromatic rings. The van der Waals surface area contributed by atoms with E-state index in [4.69, 9.17) is 0 Å². The van der Waals surface area contributed by atoms with Gasteiger partial charge in [0.2, 0.25) is 0 Å². The molecule has 1 aliphatic rings. The Kier molecular flexibility index (Phi) is 2.99. The van der Waals surface area contributed by atoms with Crippen LogP contribution in [0.25, 0.3) is 11.4 Å². The summed E-state index contributed by atoms with van der Waals surface area (Å²) in [5.74, 6) is 2.58. The lowest BCUT2D eigenvalue weighted by molar-refractivity contribution is 0.459. The van der Waals surface area contributed by atoms with E-state index in [1.165, 1.54) is 5.56 Å². The van der Waals surface area contributed by atoms with Crippen molar-refractivity contribution in [1.82, 2.24) is 19.7 Å². The molecule has 4 nitrogen and oxygen atoms in total. The second-order valence-corrected chi connectivity index (χ2v) is 5.43. The van der Waals surface area contributed by atoms with Crippen LogP contribution in [0.5, 0.6) is 0 Å². The summed E-state index contributed by atoms with van der Waals surface area (Å²) in [6.45, 7) is 0.948. The summed E-state index contributed by atoms with van der Waals surface area (Å²) in [7, 11) is 0. The fraction of sp³-hybridized carbons (Fsp3) is 0.235. The molecule has 0 aliphatic carbocycles. The summed E-state index contributed by atoms with van der Waals surface area (Å²) in [5, 5.41) is 8.74. The van der Waals surface area contributed by atoms with Crippen molar-refractivity contribution in [2.75, 3.05) is 0 Å². The molecule has 104 valence electrons. The molecular weight excluding hydrogens is 260 g/mol. The van der Waals surface area contributed by atoms with Gasteiger partial charge in [0.15, 0.2) is 5.82 Å². The second-order valence-electron chi connectivity index (χ2n) is 5.43. The third-order valence-corrected chi connectivity index (χ3v) is 4.16. The minimum absolute atomic E-state index is 0.537. The number of nitrogens with zero attached hydrogens (tertiary/aromatic N) is 4. The minimum Gasteiger partial charge on any atom is -0.310 e. The van der Waals surface area contributed by atoms with Crippen LogP contribution in [0.1, 0.15) is 23.7 Å². The van der Waals surface area contributed by atoms with Crippen LogP contribution in [0.4, 0.5) is 0 Å². The van der Waals surface area contributed by atoms with Crippen molar-refractivity contribution in [2.45, 2.75) is 25.3 Å². The Hall–Kier alpha value is -2.49. The number of rotatable bonds is 2. The van der Waals surface area contributed by atoms with Crippen LogP contribution in [-0.2, 0) is 13.0 Å². The molecule has 4 rings (SSSR count). The van der Waals surface area contributed by atoms with Crippen molar-refractivity contribution in [2.24, 2.45) is 0 Å². The van der Waals surface area contributed by atoms with E-state index in [2.05, 4.69) is 50.1 Å². The highest BCUT2D eigenvalue weighted by atomic mass is 15.3. The van der Waals surface area contributed by atoms with Gasteiger partial charge in [-0.25, -0.2) is 0 Å². The SMILES string of the molecule is c1ccc(C2CCc3nnc(-c4ccncc4)n3C2)cc1. The van der Waals surface area contributed by atoms with E-state index in [1.54, 1.807) is 12.4 Å². The van der Waals surface area contributed by atoms with E-state index in [-0.39, 0.29) is 0 Å². The first kappa shape index (κ1) is 12.3. The molecule has 0 N–H and O–H groups in total. The smallest absolute Gasteiger partial charge is 0.164 e. The van der Waals surface area contributed by atoms with Crippen LogP contribution < -0.4 is 0 Å². The Morgan fingerprint density at radius 1 is 0.952 bits per heavy atom. The molecule has 0 bridgehead atoms. The summed E-state index contributed by atoms with van der Waals surface area (Å²) in [5.41, 5.74) is 2.48. The second kappa shape index (κ2) is 5.13. The first-order valence-corrected chi connectivity index (χ1v) is 7.29. The van der Waals surface area contributed by atoms with Crippen LogP contribution >= 0.6 is 0 Å². The summed E-state index contributed by atoms with van der Waals surface area (Å²) >= 11 is 0. The predicted octanol–water partition coefficient (Wildman–Crippen LogP) is 3.07. The van der Waals surface area contributed by atoms with Crippen LogP contribution in [0.3, 0.4) is 0 Å². The molecule has 0 fully saturated rings. The Balaban J connectivity index is 1.70. The lowest BCUT2D eigenvalue weighted by Crippen LogP contribution is -2.19. The number of pyridine rings is 1. The number of fused-ring (bicyclic) bond motifs is 1. The van der Waals surface area contributed by atoms with Crippen LogP contribution in [-0.4, -0.2) is 19.7 Å². The number of aromatic nitrogens is 4. The van der Waals surface area contributed by atoms with Crippen molar-refractivity contribution < 1.29 is 0 Å². The van der Waals surface area contributed by atoms with E-state index in [0.29, 0.717) is 5.92 Å². The Morgan fingerprint density at radius 2 is 1.76 bits per heavy atom. The molecule has 1 atom stereocenters. The molecule has 2 aromatic heterocycles. The van der Waals surface area contributed by atoms with Gasteiger partial charge in [0.1, 0.15) is 5.82 Å². The Bertz CT molecular complexity index is 734. The molecule has 0 saturated carbocycles. The van der Waals surface area contributed by atoms with Gasteiger partial charge in [-0.2, -0.15) is 0 Å². The first-order chi connectivity index (χ1) is 10.4. The molecule has 1 aromatic carbocycles. The predicted molar refractivity (Wildman–Crippen MR) is 80.8 cm³/mol. The molecular formula is C17H16N4. The van der Waals surface area contributed by atoms with Gasteiger partial charge < -0.3 is 4.57 Å². The maximum Gasteiger partial charge on any atom is 0.164 e. The number of aryl methyl sites for hydroxylation is 1. The molecule has 0 amide bonds. The van der Waals surface area contributed by atoms with Crippen LogP contribution in [0.2, 0.25) is 0 Å². The molecule has 0 radical (unpaired) electrons. The topological polar surface area (TPSA) is 43.6 Å². The Labute approximate surface area is 123 Å². The summed E-state index contributed by atoms with van der Waals surface area (Å²) in [6, 6.07) is 14.7. The molecule has 0 saturated heterocycles. The molecule has 0 spiro atoms. The molecule has 1 aliphatic heterocycles. The molecule has 4 heteroatoms. The summed E-state index contributed by atoms with van der Waals surface area (Å²) in [4.78, 5) is 4.07. The van der Waals surface area contributed by atoms with Crippen molar-refractivity contribution in [1.29, 1.82) is 0 Å². The third-order valence-electron chi connectivity index (χ3n) is 4.16. The van der Waals surface area contributed by atoms with Gasteiger partial charge in [-0.3, -0.25) is 4.98 Å². The van der Waals surface area contributed by atoms with E-state index >= 15 is 0 Å². The van der Waals surface area contributed by atoms with Crippen molar-refractivity contribution in [3.63, 3.8) is 0 Å². The summed E-state index contributed by atoms with van der Waals surface area (Å²) < 4.78 is 2.26. The van der Waals surface area contributed by atoms with Gasteiger partial charge in [0.25, 0.3) is 0 Å². The third kappa shape index (κ3) is 2.23. The maximum atomic E-state index is 4.38. The van der Waals surface area contributed by atoms with Gasteiger partial charge in [0, 0.05) is 36.8 Å². The van der Waals surface area contributed by atoms with Gasteiger partial charge in [-0.15, -0.1) is 10.2 Å². The quantitative estimate of drug-likeness (QED) is 0.722.